The zero-order chi connectivity index (χ0) is 15.6. The van der Waals surface area contributed by atoms with Crippen molar-refractivity contribution in [2.45, 2.75) is 38.5 Å². The maximum atomic E-state index is 12.3. The van der Waals surface area contributed by atoms with E-state index in [0.29, 0.717) is 17.0 Å². The molecule has 8 heteroatoms. The van der Waals surface area contributed by atoms with Gasteiger partial charge in [-0.05, 0) is 18.3 Å². The summed E-state index contributed by atoms with van der Waals surface area (Å²) in [6.45, 7) is 0. The number of carboxylic acid groups (broad SMARTS) is 1. The number of carboxylic acids is 1. The van der Waals surface area contributed by atoms with Gasteiger partial charge in [0.05, 0.1) is 12.7 Å². The van der Waals surface area contributed by atoms with Gasteiger partial charge in [-0.2, -0.15) is 0 Å². The average Bonchev–Trinajstić information content (AvgIpc) is 3.07. The van der Waals surface area contributed by atoms with E-state index >= 15 is 0 Å². The van der Waals surface area contributed by atoms with Gasteiger partial charge in [0.25, 0.3) is 0 Å². The van der Waals surface area contributed by atoms with E-state index in [1.54, 1.807) is 0 Å². The van der Waals surface area contributed by atoms with Gasteiger partial charge in [0, 0.05) is 6.42 Å². The minimum atomic E-state index is -0.854. The van der Waals surface area contributed by atoms with E-state index in [-0.39, 0.29) is 18.7 Å². The third-order valence-electron chi connectivity index (χ3n) is 4.21. The third-order valence-corrected chi connectivity index (χ3v) is 4.21. The van der Waals surface area contributed by atoms with Gasteiger partial charge in [-0.25, -0.2) is 15.0 Å². The van der Waals surface area contributed by atoms with Gasteiger partial charge in [0.15, 0.2) is 11.5 Å². The van der Waals surface area contributed by atoms with E-state index in [1.165, 1.54) is 12.7 Å². The highest BCUT2D eigenvalue weighted by Crippen LogP contribution is 2.44. The van der Waals surface area contributed by atoms with Crippen LogP contribution in [0.5, 0.6) is 0 Å². The number of H-pyrrole nitrogens is 1. The zero-order valence-corrected chi connectivity index (χ0v) is 12.0. The smallest absolute Gasteiger partial charge is 0.303 e. The summed E-state index contributed by atoms with van der Waals surface area (Å²) in [5.74, 6) is -0.707. The molecule has 3 N–H and O–H groups in total. The van der Waals surface area contributed by atoms with Crippen LogP contribution in [0.1, 0.15) is 38.5 Å². The molecule has 1 amide bonds. The van der Waals surface area contributed by atoms with Crippen molar-refractivity contribution in [1.29, 1.82) is 0 Å². The first-order valence-corrected chi connectivity index (χ1v) is 7.24. The van der Waals surface area contributed by atoms with E-state index in [4.69, 9.17) is 5.11 Å². The Kier molecular flexibility index (Phi) is 3.74. The molecule has 0 saturated heterocycles. The molecule has 0 aromatic carbocycles. The van der Waals surface area contributed by atoms with Crippen LogP contribution in [0, 0.1) is 5.41 Å². The van der Waals surface area contributed by atoms with Crippen molar-refractivity contribution < 1.29 is 14.7 Å². The molecule has 0 spiro atoms. The van der Waals surface area contributed by atoms with Crippen LogP contribution in [0.2, 0.25) is 0 Å². The minimum absolute atomic E-state index is 0.0314. The maximum Gasteiger partial charge on any atom is 0.303 e. The molecule has 2 aromatic rings. The Hall–Kier alpha value is -2.51. The van der Waals surface area contributed by atoms with Crippen LogP contribution in [-0.2, 0) is 9.59 Å². The fourth-order valence-corrected chi connectivity index (χ4v) is 3.24. The average molecular weight is 303 g/mol. The number of fused-ring (bicyclic) bond motifs is 1. The molecule has 2 aromatic heterocycles. The van der Waals surface area contributed by atoms with E-state index in [1.807, 2.05) is 0 Å². The number of imidazole rings is 1. The lowest BCUT2D eigenvalue weighted by Gasteiger charge is -2.26. The van der Waals surface area contributed by atoms with E-state index < -0.39 is 11.4 Å². The van der Waals surface area contributed by atoms with E-state index in [0.717, 1.165) is 25.7 Å². The number of aliphatic carboxylic acids is 1. The van der Waals surface area contributed by atoms with Crippen LogP contribution in [0.3, 0.4) is 0 Å². The normalized spacial score (nSPS) is 16.7. The number of nitrogens with one attached hydrogen (secondary N) is 2. The number of aromatic nitrogens is 4. The summed E-state index contributed by atoms with van der Waals surface area (Å²) in [6.07, 6.45) is 6.53. The summed E-state index contributed by atoms with van der Waals surface area (Å²) in [4.78, 5) is 38.3. The molecule has 22 heavy (non-hydrogen) atoms. The van der Waals surface area contributed by atoms with Crippen molar-refractivity contribution in [2.24, 2.45) is 5.41 Å². The SMILES string of the molecule is O=C(O)CC1(CC(=O)Nc2ncnc3nc[nH]c23)CCCC1. The first kappa shape index (κ1) is 14.4. The Balaban J connectivity index is 1.74. The van der Waals surface area contributed by atoms with Crippen molar-refractivity contribution in [3.05, 3.63) is 12.7 Å². The monoisotopic (exact) mass is 303 g/mol. The lowest BCUT2D eigenvalue weighted by Crippen LogP contribution is -2.28. The number of amides is 1. The first-order valence-electron chi connectivity index (χ1n) is 7.24. The van der Waals surface area contributed by atoms with Gasteiger partial charge in [-0.1, -0.05) is 12.8 Å². The molecular formula is C14H17N5O3. The quantitative estimate of drug-likeness (QED) is 0.773. The Bertz CT molecular complexity index is 705. The molecule has 0 radical (unpaired) electrons. The summed E-state index contributed by atoms with van der Waals surface area (Å²) in [5.41, 5.74) is 0.608. The molecule has 0 atom stereocenters. The van der Waals surface area contributed by atoms with Crippen LogP contribution in [0.15, 0.2) is 12.7 Å². The third kappa shape index (κ3) is 2.90. The minimum Gasteiger partial charge on any atom is -0.481 e. The number of carbonyl (C=O) groups excluding carboxylic acids is 1. The van der Waals surface area contributed by atoms with Gasteiger partial charge in [-0.3, -0.25) is 9.59 Å². The molecule has 1 aliphatic rings. The van der Waals surface area contributed by atoms with Gasteiger partial charge < -0.3 is 15.4 Å². The summed E-state index contributed by atoms with van der Waals surface area (Å²) in [6, 6.07) is 0. The lowest BCUT2D eigenvalue weighted by atomic mass is 9.79. The number of carbonyl (C=O) groups is 2. The Morgan fingerprint density at radius 1 is 1.23 bits per heavy atom. The zero-order valence-electron chi connectivity index (χ0n) is 12.0. The Morgan fingerprint density at radius 3 is 2.73 bits per heavy atom. The summed E-state index contributed by atoms with van der Waals surface area (Å²) in [5, 5.41) is 11.8. The molecular weight excluding hydrogens is 286 g/mol. The van der Waals surface area contributed by atoms with Crippen LogP contribution < -0.4 is 5.32 Å². The number of anilines is 1. The molecule has 3 rings (SSSR count). The molecule has 0 bridgehead atoms. The number of rotatable bonds is 5. The maximum absolute atomic E-state index is 12.3. The second kappa shape index (κ2) is 5.70. The van der Waals surface area contributed by atoms with E-state index in [9.17, 15) is 9.59 Å². The standard InChI is InChI=1S/C14H17N5O3/c20-9(5-14(6-10(21)22)3-1-2-4-14)19-13-11-12(16-7-15-11)17-8-18-13/h7-8H,1-6H2,(H,21,22)(H2,15,16,17,18,19,20). The Labute approximate surface area is 126 Å². The first-order chi connectivity index (χ1) is 10.6. The Morgan fingerprint density at radius 2 is 2.00 bits per heavy atom. The molecule has 1 fully saturated rings. The predicted molar refractivity (Wildman–Crippen MR) is 78.1 cm³/mol. The van der Waals surface area contributed by atoms with Crippen LogP contribution in [0.4, 0.5) is 5.82 Å². The number of hydrogen-bond donors (Lipinski definition) is 3. The second-order valence-corrected chi connectivity index (χ2v) is 5.83. The lowest BCUT2D eigenvalue weighted by molar-refractivity contribution is -0.140. The number of hydrogen-bond acceptors (Lipinski definition) is 5. The van der Waals surface area contributed by atoms with Gasteiger partial charge in [-0.15, -0.1) is 0 Å². The van der Waals surface area contributed by atoms with Crippen molar-refractivity contribution >= 4 is 28.9 Å². The van der Waals surface area contributed by atoms with Crippen molar-refractivity contribution in [3.63, 3.8) is 0 Å². The summed E-state index contributed by atoms with van der Waals surface area (Å²) in [7, 11) is 0. The van der Waals surface area contributed by atoms with Gasteiger partial charge in [0.1, 0.15) is 11.8 Å². The van der Waals surface area contributed by atoms with Crippen LogP contribution in [-0.4, -0.2) is 36.9 Å². The molecule has 1 saturated carbocycles. The van der Waals surface area contributed by atoms with Crippen molar-refractivity contribution in [2.75, 3.05) is 5.32 Å². The highest BCUT2D eigenvalue weighted by atomic mass is 16.4. The van der Waals surface area contributed by atoms with Crippen molar-refractivity contribution in [3.8, 4) is 0 Å². The molecule has 2 heterocycles. The fourth-order valence-electron chi connectivity index (χ4n) is 3.24. The second-order valence-electron chi connectivity index (χ2n) is 5.83. The van der Waals surface area contributed by atoms with Gasteiger partial charge in [0.2, 0.25) is 5.91 Å². The largest absolute Gasteiger partial charge is 0.481 e. The summed E-state index contributed by atoms with van der Waals surface area (Å²) < 4.78 is 0. The fraction of sp³-hybridized carbons (Fsp3) is 0.500. The molecule has 0 unspecified atom stereocenters. The summed E-state index contributed by atoms with van der Waals surface area (Å²) >= 11 is 0. The topological polar surface area (TPSA) is 121 Å². The highest BCUT2D eigenvalue weighted by Gasteiger charge is 2.38. The van der Waals surface area contributed by atoms with Crippen molar-refractivity contribution in [1.82, 2.24) is 19.9 Å². The van der Waals surface area contributed by atoms with Gasteiger partial charge >= 0.3 is 5.97 Å². The molecule has 1 aliphatic carbocycles. The number of nitrogens with zero attached hydrogens (tertiary/aromatic N) is 3. The highest BCUT2D eigenvalue weighted by molar-refractivity contribution is 5.97. The van der Waals surface area contributed by atoms with E-state index in [2.05, 4.69) is 25.3 Å². The number of aromatic amines is 1. The predicted octanol–water partition coefficient (Wildman–Crippen LogP) is 1.72. The molecule has 116 valence electrons. The van der Waals surface area contributed by atoms with Crippen LogP contribution >= 0.6 is 0 Å². The molecule has 0 aliphatic heterocycles. The molecule has 8 nitrogen and oxygen atoms in total. The van der Waals surface area contributed by atoms with Crippen LogP contribution in [0.25, 0.3) is 11.2 Å².